The van der Waals surface area contributed by atoms with Crippen LogP contribution in [0.2, 0.25) is 0 Å². The van der Waals surface area contributed by atoms with Crippen molar-refractivity contribution < 1.29 is 14.0 Å². The van der Waals surface area contributed by atoms with Crippen molar-refractivity contribution in [3.05, 3.63) is 35.6 Å². The van der Waals surface area contributed by atoms with Gasteiger partial charge in [0.15, 0.2) is 0 Å². The number of urea groups is 1. The van der Waals surface area contributed by atoms with Gasteiger partial charge in [-0.3, -0.25) is 4.79 Å². The Balaban J connectivity index is 1.31. The van der Waals surface area contributed by atoms with Crippen molar-refractivity contribution in [1.29, 1.82) is 0 Å². The standard InChI is InChI=1S/C21H30FN3O2/c22-18-6-4-5-17(15-18)16-19(26)23-11-12-24-20(27)25-13-9-21(10-14-25)7-2-1-3-8-21/h4-6,15H,1-3,7-14,16H2,(H,23,26)(H,24,27). The summed E-state index contributed by atoms with van der Waals surface area (Å²) in [7, 11) is 0. The highest BCUT2D eigenvalue weighted by Gasteiger charge is 2.36. The van der Waals surface area contributed by atoms with E-state index >= 15 is 0 Å². The Morgan fingerprint density at radius 1 is 1.00 bits per heavy atom. The van der Waals surface area contributed by atoms with Gasteiger partial charge in [-0.15, -0.1) is 0 Å². The second-order valence-electron chi connectivity index (χ2n) is 7.94. The lowest BCUT2D eigenvalue weighted by Gasteiger charge is -2.44. The van der Waals surface area contributed by atoms with Crippen LogP contribution in [0.4, 0.5) is 9.18 Å². The molecule has 0 radical (unpaired) electrons. The van der Waals surface area contributed by atoms with Gasteiger partial charge in [0.05, 0.1) is 6.42 Å². The molecular formula is C21H30FN3O2. The van der Waals surface area contributed by atoms with Crippen LogP contribution in [0.1, 0.15) is 50.5 Å². The van der Waals surface area contributed by atoms with Gasteiger partial charge in [0.1, 0.15) is 5.82 Å². The summed E-state index contributed by atoms with van der Waals surface area (Å²) < 4.78 is 13.1. The van der Waals surface area contributed by atoms with Gasteiger partial charge in [-0.1, -0.05) is 31.4 Å². The van der Waals surface area contributed by atoms with Gasteiger partial charge in [-0.25, -0.2) is 9.18 Å². The number of hydrogen-bond acceptors (Lipinski definition) is 2. The Bertz CT molecular complexity index is 649. The molecule has 1 aromatic carbocycles. The highest BCUT2D eigenvalue weighted by Crippen LogP contribution is 2.44. The highest BCUT2D eigenvalue weighted by molar-refractivity contribution is 5.78. The third kappa shape index (κ3) is 5.68. The number of nitrogens with one attached hydrogen (secondary N) is 2. The molecule has 1 heterocycles. The van der Waals surface area contributed by atoms with E-state index in [4.69, 9.17) is 0 Å². The zero-order chi connectivity index (χ0) is 19.1. The van der Waals surface area contributed by atoms with E-state index in [1.165, 1.54) is 44.2 Å². The summed E-state index contributed by atoms with van der Waals surface area (Å²) in [6.45, 7) is 2.43. The molecule has 6 heteroatoms. The minimum absolute atomic E-state index is 0.0416. The molecule has 2 aliphatic rings. The molecule has 1 saturated carbocycles. The fourth-order valence-electron chi connectivity index (χ4n) is 4.36. The van der Waals surface area contributed by atoms with Gasteiger partial charge < -0.3 is 15.5 Å². The number of hydrogen-bond donors (Lipinski definition) is 2. The second kappa shape index (κ2) is 9.20. The molecule has 1 aromatic rings. The molecule has 27 heavy (non-hydrogen) atoms. The Hall–Kier alpha value is -2.11. The molecule has 0 bridgehead atoms. The van der Waals surface area contributed by atoms with Crippen molar-refractivity contribution in [2.24, 2.45) is 5.41 Å². The fraction of sp³-hybridized carbons (Fsp3) is 0.619. The van der Waals surface area contributed by atoms with Gasteiger partial charge in [0.2, 0.25) is 5.91 Å². The lowest BCUT2D eigenvalue weighted by Crippen LogP contribution is -2.49. The molecule has 1 spiro atoms. The number of nitrogens with zero attached hydrogens (tertiary/aromatic N) is 1. The Labute approximate surface area is 160 Å². The van der Waals surface area contributed by atoms with Crippen LogP contribution >= 0.6 is 0 Å². The smallest absolute Gasteiger partial charge is 0.317 e. The molecular weight excluding hydrogens is 345 g/mol. The number of halogens is 1. The number of amides is 3. The third-order valence-electron chi connectivity index (χ3n) is 6.00. The van der Waals surface area contributed by atoms with Crippen molar-refractivity contribution in [3.8, 4) is 0 Å². The van der Waals surface area contributed by atoms with Gasteiger partial charge in [-0.2, -0.15) is 0 Å². The predicted molar refractivity (Wildman–Crippen MR) is 103 cm³/mol. The van der Waals surface area contributed by atoms with Crippen molar-refractivity contribution >= 4 is 11.9 Å². The first kappa shape index (κ1) is 19.6. The van der Waals surface area contributed by atoms with E-state index < -0.39 is 0 Å². The van der Waals surface area contributed by atoms with E-state index in [9.17, 15) is 14.0 Å². The van der Waals surface area contributed by atoms with Gasteiger partial charge in [0.25, 0.3) is 0 Å². The summed E-state index contributed by atoms with van der Waals surface area (Å²) in [5.74, 6) is -0.517. The lowest BCUT2D eigenvalue weighted by atomic mass is 9.68. The molecule has 3 amide bonds. The predicted octanol–water partition coefficient (Wildman–Crippen LogP) is 3.24. The van der Waals surface area contributed by atoms with Crippen LogP contribution in [0, 0.1) is 11.2 Å². The van der Waals surface area contributed by atoms with Crippen LogP contribution in [0.15, 0.2) is 24.3 Å². The zero-order valence-electron chi connectivity index (χ0n) is 15.9. The van der Waals surface area contributed by atoms with Gasteiger partial charge in [-0.05, 0) is 48.8 Å². The minimum Gasteiger partial charge on any atom is -0.354 e. The molecule has 0 atom stereocenters. The van der Waals surface area contributed by atoms with Crippen molar-refractivity contribution in [2.45, 2.75) is 51.4 Å². The average molecular weight is 375 g/mol. The van der Waals surface area contributed by atoms with E-state index in [2.05, 4.69) is 10.6 Å². The average Bonchev–Trinajstić information content (AvgIpc) is 2.66. The molecule has 1 aliphatic heterocycles. The molecule has 0 aromatic heterocycles. The summed E-state index contributed by atoms with van der Waals surface area (Å²) in [4.78, 5) is 26.1. The normalized spacial score (nSPS) is 18.9. The maximum absolute atomic E-state index is 13.1. The lowest BCUT2D eigenvalue weighted by molar-refractivity contribution is -0.120. The molecule has 2 fully saturated rings. The molecule has 2 N–H and O–H groups in total. The molecule has 1 aliphatic carbocycles. The summed E-state index contributed by atoms with van der Waals surface area (Å²) in [6.07, 6.45) is 9.04. The third-order valence-corrected chi connectivity index (χ3v) is 6.00. The van der Waals surface area contributed by atoms with Crippen LogP contribution < -0.4 is 10.6 Å². The van der Waals surface area contributed by atoms with Crippen molar-refractivity contribution in [2.75, 3.05) is 26.2 Å². The first-order valence-corrected chi connectivity index (χ1v) is 10.1. The quantitative estimate of drug-likeness (QED) is 0.776. The molecule has 5 nitrogen and oxygen atoms in total. The van der Waals surface area contributed by atoms with E-state index in [-0.39, 0.29) is 24.2 Å². The van der Waals surface area contributed by atoms with Gasteiger partial charge >= 0.3 is 6.03 Å². The van der Waals surface area contributed by atoms with E-state index in [1.54, 1.807) is 12.1 Å². The largest absolute Gasteiger partial charge is 0.354 e. The van der Waals surface area contributed by atoms with Crippen LogP contribution in [0.3, 0.4) is 0 Å². The summed E-state index contributed by atoms with van der Waals surface area (Å²) in [6, 6.07) is 5.98. The van der Waals surface area contributed by atoms with E-state index in [0.717, 1.165) is 25.9 Å². The maximum atomic E-state index is 13.1. The van der Waals surface area contributed by atoms with Crippen molar-refractivity contribution in [1.82, 2.24) is 15.5 Å². The monoisotopic (exact) mass is 375 g/mol. The van der Waals surface area contributed by atoms with Crippen molar-refractivity contribution in [3.63, 3.8) is 0 Å². The van der Waals surface area contributed by atoms with Crippen LogP contribution in [0.5, 0.6) is 0 Å². The summed E-state index contributed by atoms with van der Waals surface area (Å²) in [5, 5.41) is 5.65. The second-order valence-corrected chi connectivity index (χ2v) is 7.94. The van der Waals surface area contributed by atoms with E-state index in [0.29, 0.717) is 24.1 Å². The molecule has 1 saturated heterocycles. The highest BCUT2D eigenvalue weighted by atomic mass is 19.1. The fourth-order valence-corrected chi connectivity index (χ4v) is 4.36. The molecule has 148 valence electrons. The van der Waals surface area contributed by atoms with Crippen LogP contribution in [-0.2, 0) is 11.2 Å². The summed E-state index contributed by atoms with van der Waals surface area (Å²) in [5.41, 5.74) is 1.13. The summed E-state index contributed by atoms with van der Waals surface area (Å²) >= 11 is 0. The number of likely N-dealkylation sites (tertiary alicyclic amines) is 1. The topological polar surface area (TPSA) is 61.4 Å². The number of benzene rings is 1. The Kier molecular flexibility index (Phi) is 6.69. The van der Waals surface area contributed by atoms with Crippen LogP contribution in [0.25, 0.3) is 0 Å². The van der Waals surface area contributed by atoms with E-state index in [1.807, 2.05) is 4.90 Å². The number of carbonyl (C=O) groups is 2. The number of piperidine rings is 1. The first-order valence-electron chi connectivity index (χ1n) is 10.1. The SMILES string of the molecule is O=C(Cc1cccc(F)c1)NCCNC(=O)N1CCC2(CCCCC2)CC1. The Morgan fingerprint density at radius 2 is 1.70 bits per heavy atom. The van der Waals surface area contributed by atoms with Gasteiger partial charge in [0, 0.05) is 26.2 Å². The maximum Gasteiger partial charge on any atom is 0.317 e. The number of rotatable bonds is 5. The zero-order valence-corrected chi connectivity index (χ0v) is 15.9. The van der Waals surface area contributed by atoms with Crippen LogP contribution in [-0.4, -0.2) is 43.0 Å². The molecule has 0 unspecified atom stereocenters. The Morgan fingerprint density at radius 3 is 2.41 bits per heavy atom. The number of carbonyl (C=O) groups excluding carboxylic acids is 2. The minimum atomic E-state index is -0.343. The first-order chi connectivity index (χ1) is 13.1. The molecule has 3 rings (SSSR count).